The lowest BCUT2D eigenvalue weighted by Gasteiger charge is -2.23. The van der Waals surface area contributed by atoms with Gasteiger partial charge in [-0.2, -0.15) is 0 Å². The van der Waals surface area contributed by atoms with E-state index in [1.54, 1.807) is 0 Å². The number of carbonyl (C=O) groups is 1. The highest BCUT2D eigenvalue weighted by atomic mass is 35.5. The van der Waals surface area contributed by atoms with Gasteiger partial charge in [0, 0.05) is 12.5 Å². The Hall–Kier alpha value is -1.06. The second-order valence-electron chi connectivity index (χ2n) is 5.57. The molecule has 1 amide bonds. The zero-order valence-electron chi connectivity index (χ0n) is 11.0. The Morgan fingerprint density at radius 1 is 1.26 bits per heavy atom. The van der Waals surface area contributed by atoms with Crippen molar-refractivity contribution >= 4 is 18.3 Å². The minimum atomic E-state index is 0. The Labute approximate surface area is 120 Å². The first kappa shape index (κ1) is 14.4. The molecule has 1 heterocycles. The molecule has 1 saturated heterocycles. The van der Waals surface area contributed by atoms with Crippen LogP contribution < -0.4 is 10.6 Å². The van der Waals surface area contributed by atoms with E-state index in [1.807, 2.05) is 30.3 Å². The normalized spacial score (nSPS) is 23.5. The van der Waals surface area contributed by atoms with Crippen molar-refractivity contribution < 1.29 is 4.79 Å². The highest BCUT2D eigenvalue weighted by molar-refractivity contribution is 5.85. The number of hydrogen-bond acceptors (Lipinski definition) is 2. The van der Waals surface area contributed by atoms with E-state index in [1.165, 1.54) is 5.56 Å². The SMILES string of the molecule is Cl.O=C(NCc1ccccc1)C1CC12CCNCC2. The molecule has 1 saturated carbocycles. The number of carbonyl (C=O) groups excluding carboxylic acids is 1. The van der Waals surface area contributed by atoms with E-state index in [9.17, 15) is 4.79 Å². The molecule has 1 aromatic rings. The van der Waals surface area contributed by atoms with E-state index in [0.717, 1.165) is 32.4 Å². The zero-order chi connectivity index (χ0) is 12.4. The van der Waals surface area contributed by atoms with Crippen molar-refractivity contribution in [3.63, 3.8) is 0 Å². The third-order valence-electron chi connectivity index (χ3n) is 4.42. The lowest BCUT2D eigenvalue weighted by atomic mass is 9.92. The average Bonchev–Trinajstić information content (AvgIpc) is 3.12. The fourth-order valence-electron chi connectivity index (χ4n) is 3.10. The molecule has 1 atom stereocenters. The molecule has 1 unspecified atom stereocenters. The van der Waals surface area contributed by atoms with Crippen LogP contribution in [0.5, 0.6) is 0 Å². The van der Waals surface area contributed by atoms with Crippen LogP contribution in [-0.2, 0) is 11.3 Å². The zero-order valence-corrected chi connectivity index (χ0v) is 11.8. The average molecular weight is 281 g/mol. The van der Waals surface area contributed by atoms with Crippen molar-refractivity contribution in [2.45, 2.75) is 25.8 Å². The lowest BCUT2D eigenvalue weighted by molar-refractivity contribution is -0.123. The van der Waals surface area contributed by atoms with Gasteiger partial charge in [0.05, 0.1) is 0 Å². The fraction of sp³-hybridized carbons (Fsp3) is 0.533. The van der Waals surface area contributed by atoms with E-state index in [4.69, 9.17) is 0 Å². The van der Waals surface area contributed by atoms with Gasteiger partial charge in [0.25, 0.3) is 0 Å². The lowest BCUT2D eigenvalue weighted by Crippen LogP contribution is -2.33. The summed E-state index contributed by atoms with van der Waals surface area (Å²) in [6.45, 7) is 2.80. The quantitative estimate of drug-likeness (QED) is 0.890. The van der Waals surface area contributed by atoms with Gasteiger partial charge in [0.15, 0.2) is 0 Å². The van der Waals surface area contributed by atoms with Crippen LogP contribution in [0.1, 0.15) is 24.8 Å². The van der Waals surface area contributed by atoms with Crippen LogP contribution in [0, 0.1) is 11.3 Å². The fourth-order valence-corrected chi connectivity index (χ4v) is 3.10. The molecule has 0 bridgehead atoms. The molecule has 19 heavy (non-hydrogen) atoms. The molecule has 0 radical (unpaired) electrons. The summed E-state index contributed by atoms with van der Waals surface area (Å²) in [5.74, 6) is 0.518. The molecule has 1 aliphatic carbocycles. The van der Waals surface area contributed by atoms with Gasteiger partial charge < -0.3 is 10.6 Å². The predicted octanol–water partition coefficient (Wildman–Crippen LogP) is 2.11. The number of piperidine rings is 1. The molecule has 0 aromatic heterocycles. The van der Waals surface area contributed by atoms with Gasteiger partial charge in [-0.25, -0.2) is 0 Å². The molecule has 104 valence electrons. The van der Waals surface area contributed by atoms with E-state index in [2.05, 4.69) is 10.6 Å². The Balaban J connectivity index is 0.00000133. The molecular weight excluding hydrogens is 260 g/mol. The van der Waals surface area contributed by atoms with Gasteiger partial charge in [-0.3, -0.25) is 4.79 Å². The van der Waals surface area contributed by atoms with Crippen LogP contribution in [0.15, 0.2) is 30.3 Å². The van der Waals surface area contributed by atoms with Gasteiger partial charge >= 0.3 is 0 Å². The Morgan fingerprint density at radius 2 is 1.95 bits per heavy atom. The third kappa shape index (κ3) is 3.10. The van der Waals surface area contributed by atoms with Crippen LogP contribution in [0.25, 0.3) is 0 Å². The van der Waals surface area contributed by atoms with Crippen LogP contribution in [-0.4, -0.2) is 19.0 Å². The van der Waals surface area contributed by atoms with Gasteiger partial charge in [-0.15, -0.1) is 12.4 Å². The molecule has 3 rings (SSSR count). The van der Waals surface area contributed by atoms with Gasteiger partial charge in [0.2, 0.25) is 5.91 Å². The molecular formula is C15H21ClN2O. The number of nitrogens with one attached hydrogen (secondary N) is 2. The Kier molecular flexibility index (Phi) is 4.48. The van der Waals surface area contributed by atoms with E-state index >= 15 is 0 Å². The van der Waals surface area contributed by atoms with Crippen molar-refractivity contribution in [3.05, 3.63) is 35.9 Å². The van der Waals surface area contributed by atoms with Crippen molar-refractivity contribution in [3.8, 4) is 0 Å². The second-order valence-corrected chi connectivity index (χ2v) is 5.57. The number of halogens is 1. The maximum Gasteiger partial charge on any atom is 0.223 e. The summed E-state index contributed by atoms with van der Waals surface area (Å²) < 4.78 is 0. The topological polar surface area (TPSA) is 41.1 Å². The van der Waals surface area contributed by atoms with Crippen LogP contribution in [0.2, 0.25) is 0 Å². The number of rotatable bonds is 3. The molecule has 3 nitrogen and oxygen atoms in total. The summed E-state index contributed by atoms with van der Waals surface area (Å²) in [5, 5.41) is 6.44. The summed E-state index contributed by atoms with van der Waals surface area (Å²) in [6, 6.07) is 10.1. The highest BCUT2D eigenvalue weighted by Crippen LogP contribution is 2.58. The minimum Gasteiger partial charge on any atom is -0.352 e. The standard InChI is InChI=1S/C15H20N2O.ClH/c18-14(17-11-12-4-2-1-3-5-12)13-10-15(13)6-8-16-9-7-15;/h1-5,13,16H,6-11H2,(H,17,18);1H. The summed E-state index contributed by atoms with van der Waals surface area (Å²) >= 11 is 0. The summed E-state index contributed by atoms with van der Waals surface area (Å²) in [5.41, 5.74) is 1.51. The molecule has 2 N–H and O–H groups in total. The maximum absolute atomic E-state index is 12.1. The van der Waals surface area contributed by atoms with Gasteiger partial charge in [-0.1, -0.05) is 30.3 Å². The van der Waals surface area contributed by atoms with Gasteiger partial charge in [-0.05, 0) is 43.3 Å². The first-order chi connectivity index (χ1) is 8.80. The molecule has 1 aromatic carbocycles. The Morgan fingerprint density at radius 3 is 2.63 bits per heavy atom. The highest BCUT2D eigenvalue weighted by Gasteiger charge is 2.57. The van der Waals surface area contributed by atoms with Crippen molar-refractivity contribution in [2.75, 3.05) is 13.1 Å². The van der Waals surface area contributed by atoms with Crippen LogP contribution in [0.3, 0.4) is 0 Å². The summed E-state index contributed by atoms with van der Waals surface area (Å²) in [7, 11) is 0. The second kappa shape index (κ2) is 5.93. The third-order valence-corrected chi connectivity index (χ3v) is 4.42. The molecule has 1 spiro atoms. The maximum atomic E-state index is 12.1. The number of benzene rings is 1. The predicted molar refractivity (Wildman–Crippen MR) is 78.2 cm³/mol. The van der Waals surface area contributed by atoms with Crippen molar-refractivity contribution in [1.29, 1.82) is 0 Å². The van der Waals surface area contributed by atoms with E-state index < -0.39 is 0 Å². The molecule has 2 fully saturated rings. The van der Waals surface area contributed by atoms with E-state index in [0.29, 0.717) is 12.0 Å². The van der Waals surface area contributed by atoms with Crippen molar-refractivity contribution in [1.82, 2.24) is 10.6 Å². The molecule has 4 heteroatoms. The largest absolute Gasteiger partial charge is 0.352 e. The monoisotopic (exact) mass is 280 g/mol. The number of hydrogen-bond donors (Lipinski definition) is 2. The Bertz CT molecular complexity index is 429. The van der Waals surface area contributed by atoms with Crippen molar-refractivity contribution in [2.24, 2.45) is 11.3 Å². The molecule has 2 aliphatic rings. The van der Waals surface area contributed by atoms with E-state index in [-0.39, 0.29) is 24.2 Å². The van der Waals surface area contributed by atoms with Crippen LogP contribution >= 0.6 is 12.4 Å². The molecule has 1 aliphatic heterocycles. The minimum absolute atomic E-state index is 0. The first-order valence-corrected chi connectivity index (χ1v) is 6.83. The summed E-state index contributed by atoms with van der Waals surface area (Å²) in [6.07, 6.45) is 3.42. The van der Waals surface area contributed by atoms with Gasteiger partial charge in [0.1, 0.15) is 0 Å². The summed E-state index contributed by atoms with van der Waals surface area (Å²) in [4.78, 5) is 12.1. The first-order valence-electron chi connectivity index (χ1n) is 6.83. The number of amides is 1. The smallest absolute Gasteiger partial charge is 0.223 e. The van der Waals surface area contributed by atoms with Crippen LogP contribution in [0.4, 0.5) is 0 Å².